The first-order valence-corrected chi connectivity index (χ1v) is 11.3. The third kappa shape index (κ3) is 6.91. The van der Waals surface area contributed by atoms with Crippen molar-refractivity contribution in [3.63, 3.8) is 0 Å². The molecule has 0 saturated heterocycles. The van der Waals surface area contributed by atoms with Gasteiger partial charge in [-0.25, -0.2) is 4.98 Å². The number of rotatable bonds is 10. The van der Waals surface area contributed by atoms with E-state index in [9.17, 15) is 4.79 Å². The lowest BCUT2D eigenvalue weighted by Gasteiger charge is -2.22. The van der Waals surface area contributed by atoms with E-state index >= 15 is 0 Å². The van der Waals surface area contributed by atoms with E-state index in [1.807, 2.05) is 53.6 Å². The van der Waals surface area contributed by atoms with Gasteiger partial charge in [0.05, 0.1) is 12.2 Å². The molecule has 31 heavy (non-hydrogen) atoms. The zero-order valence-corrected chi connectivity index (χ0v) is 19.5. The number of nitrogens with zero attached hydrogens (tertiary/aromatic N) is 2. The van der Waals surface area contributed by atoms with Gasteiger partial charge < -0.3 is 14.4 Å². The van der Waals surface area contributed by atoms with Crippen LogP contribution in [0.2, 0.25) is 0 Å². The third-order valence-corrected chi connectivity index (χ3v) is 5.74. The van der Waals surface area contributed by atoms with Crippen LogP contribution in [0.5, 0.6) is 5.75 Å². The maximum atomic E-state index is 13.1. The molecule has 0 spiro atoms. The van der Waals surface area contributed by atoms with Crippen LogP contribution in [0.25, 0.3) is 0 Å². The summed E-state index contributed by atoms with van der Waals surface area (Å²) in [6, 6.07) is 13.9. The minimum atomic E-state index is 0.0112. The highest BCUT2D eigenvalue weighted by molar-refractivity contribution is 7.09. The Hall–Kier alpha value is -2.70. The van der Waals surface area contributed by atoms with Crippen LogP contribution in [0, 0.1) is 20.8 Å². The van der Waals surface area contributed by atoms with Crippen molar-refractivity contribution >= 4 is 17.2 Å². The fraction of sp³-hybridized carbons (Fsp3) is 0.360. The number of thiazole rings is 1. The Bertz CT molecular complexity index is 978. The molecule has 5 nitrogen and oxygen atoms in total. The van der Waals surface area contributed by atoms with Crippen molar-refractivity contribution in [3.8, 4) is 5.75 Å². The molecule has 0 aliphatic rings. The number of hydrogen-bond donors (Lipinski definition) is 0. The second-order valence-corrected chi connectivity index (χ2v) is 8.73. The molecular weight excluding hydrogens is 408 g/mol. The standard InChI is InChI=1S/C25H30N2O3S/c1-18-6-8-21(9-7-18)25(28)27(10-5-11-29-4)15-22-17-31-24(26-22)16-30-23-13-19(2)12-20(3)14-23/h6-9,12-14,17H,5,10-11,15-16H2,1-4H3. The maximum absolute atomic E-state index is 13.1. The number of carbonyl (C=O) groups excluding carboxylic acids is 1. The SMILES string of the molecule is COCCCN(Cc1csc(COc2cc(C)cc(C)c2)n1)C(=O)c1ccc(C)cc1. The third-order valence-electron chi connectivity index (χ3n) is 4.87. The molecule has 1 aromatic heterocycles. The lowest BCUT2D eigenvalue weighted by molar-refractivity contribution is 0.0721. The van der Waals surface area contributed by atoms with Gasteiger partial charge in [0.25, 0.3) is 5.91 Å². The lowest BCUT2D eigenvalue weighted by Crippen LogP contribution is -2.32. The zero-order valence-electron chi connectivity index (χ0n) is 18.7. The largest absolute Gasteiger partial charge is 0.486 e. The molecule has 3 aromatic rings. The van der Waals surface area contributed by atoms with Crippen molar-refractivity contribution in [2.45, 2.75) is 40.3 Å². The molecule has 6 heteroatoms. The van der Waals surface area contributed by atoms with Crippen LogP contribution in [-0.2, 0) is 17.9 Å². The predicted molar refractivity (Wildman–Crippen MR) is 125 cm³/mol. The van der Waals surface area contributed by atoms with Gasteiger partial charge in [-0.2, -0.15) is 0 Å². The summed E-state index contributed by atoms with van der Waals surface area (Å²) in [6.07, 6.45) is 0.779. The van der Waals surface area contributed by atoms with Gasteiger partial charge in [-0.05, 0) is 62.6 Å². The average Bonchev–Trinajstić information content (AvgIpc) is 3.18. The van der Waals surface area contributed by atoms with Crippen molar-refractivity contribution < 1.29 is 14.3 Å². The molecule has 0 aliphatic carbocycles. The highest BCUT2D eigenvalue weighted by Gasteiger charge is 2.17. The molecule has 0 N–H and O–H groups in total. The minimum Gasteiger partial charge on any atom is -0.486 e. The number of ether oxygens (including phenoxy) is 2. The van der Waals surface area contributed by atoms with Gasteiger partial charge in [0, 0.05) is 31.2 Å². The minimum absolute atomic E-state index is 0.0112. The summed E-state index contributed by atoms with van der Waals surface area (Å²) in [5.41, 5.74) is 5.06. The normalized spacial score (nSPS) is 10.8. The van der Waals surface area contributed by atoms with Gasteiger partial charge in [-0.15, -0.1) is 11.3 Å². The van der Waals surface area contributed by atoms with E-state index in [1.165, 1.54) is 11.1 Å². The number of carbonyl (C=O) groups is 1. The topological polar surface area (TPSA) is 51.7 Å². The second kappa shape index (κ2) is 11.1. The van der Waals surface area contributed by atoms with Crippen molar-refractivity contribution in [3.05, 3.63) is 80.8 Å². The van der Waals surface area contributed by atoms with E-state index in [0.717, 1.165) is 28.4 Å². The maximum Gasteiger partial charge on any atom is 0.254 e. The van der Waals surface area contributed by atoms with E-state index in [0.29, 0.717) is 31.9 Å². The Morgan fingerprint density at radius 2 is 1.74 bits per heavy atom. The first-order valence-electron chi connectivity index (χ1n) is 10.4. The van der Waals surface area contributed by atoms with Gasteiger partial charge in [0.2, 0.25) is 0 Å². The van der Waals surface area contributed by atoms with Gasteiger partial charge in [0.15, 0.2) is 0 Å². The second-order valence-electron chi connectivity index (χ2n) is 7.78. The van der Waals surface area contributed by atoms with E-state index in [-0.39, 0.29) is 5.91 Å². The molecule has 164 valence electrons. The quantitative estimate of drug-likeness (QED) is 0.402. The molecule has 1 heterocycles. The first kappa shape index (κ1) is 23.0. The average molecular weight is 439 g/mol. The van der Waals surface area contributed by atoms with E-state index in [1.54, 1.807) is 18.4 Å². The fourth-order valence-electron chi connectivity index (χ4n) is 3.38. The molecule has 0 aliphatic heterocycles. The van der Waals surface area contributed by atoms with Crippen LogP contribution in [-0.4, -0.2) is 36.1 Å². The van der Waals surface area contributed by atoms with Crippen LogP contribution >= 0.6 is 11.3 Å². The van der Waals surface area contributed by atoms with Crippen LogP contribution in [0.4, 0.5) is 0 Å². The van der Waals surface area contributed by atoms with Crippen LogP contribution in [0.15, 0.2) is 47.8 Å². The molecule has 1 amide bonds. The fourth-order valence-corrected chi connectivity index (χ4v) is 4.07. The van der Waals surface area contributed by atoms with E-state index < -0.39 is 0 Å². The van der Waals surface area contributed by atoms with Gasteiger partial charge in [-0.3, -0.25) is 4.79 Å². The molecule has 0 radical (unpaired) electrons. The van der Waals surface area contributed by atoms with E-state index in [2.05, 4.69) is 19.9 Å². The smallest absolute Gasteiger partial charge is 0.254 e. The molecule has 0 saturated carbocycles. The van der Waals surface area contributed by atoms with Crippen molar-refractivity contribution in [2.24, 2.45) is 0 Å². The molecule has 2 aromatic carbocycles. The zero-order chi connectivity index (χ0) is 22.2. The van der Waals surface area contributed by atoms with Crippen molar-refractivity contribution in [2.75, 3.05) is 20.3 Å². The summed E-state index contributed by atoms with van der Waals surface area (Å²) in [6.45, 7) is 8.26. The van der Waals surface area contributed by atoms with Crippen molar-refractivity contribution in [1.82, 2.24) is 9.88 Å². The summed E-state index contributed by atoms with van der Waals surface area (Å²) in [5.74, 6) is 0.863. The van der Waals surface area contributed by atoms with Crippen molar-refractivity contribution in [1.29, 1.82) is 0 Å². The van der Waals surface area contributed by atoms with Gasteiger partial charge in [-0.1, -0.05) is 23.8 Å². The summed E-state index contributed by atoms with van der Waals surface area (Å²) in [4.78, 5) is 19.6. The summed E-state index contributed by atoms with van der Waals surface area (Å²) in [7, 11) is 1.68. The molecule has 0 bridgehead atoms. The molecule has 0 unspecified atom stereocenters. The molecule has 0 atom stereocenters. The first-order chi connectivity index (χ1) is 14.9. The Kier molecular flexibility index (Phi) is 8.20. The monoisotopic (exact) mass is 438 g/mol. The molecule has 3 rings (SSSR count). The van der Waals surface area contributed by atoms with Crippen LogP contribution in [0.3, 0.4) is 0 Å². The lowest BCUT2D eigenvalue weighted by atomic mass is 10.1. The van der Waals surface area contributed by atoms with Gasteiger partial charge in [0.1, 0.15) is 17.4 Å². The van der Waals surface area contributed by atoms with Gasteiger partial charge >= 0.3 is 0 Å². The number of hydrogen-bond acceptors (Lipinski definition) is 5. The number of aromatic nitrogens is 1. The Morgan fingerprint density at radius 1 is 1.03 bits per heavy atom. The summed E-state index contributed by atoms with van der Waals surface area (Å²) in [5, 5.41) is 2.90. The number of aryl methyl sites for hydroxylation is 3. The summed E-state index contributed by atoms with van der Waals surface area (Å²) >= 11 is 1.56. The molecule has 0 fully saturated rings. The van der Waals surface area contributed by atoms with Crippen LogP contribution in [0.1, 0.15) is 44.2 Å². The Labute approximate surface area is 188 Å². The number of amides is 1. The predicted octanol–water partition coefficient (Wildman–Crippen LogP) is 5.33. The van der Waals surface area contributed by atoms with Crippen LogP contribution < -0.4 is 4.74 Å². The highest BCUT2D eigenvalue weighted by Crippen LogP contribution is 2.20. The number of methoxy groups -OCH3 is 1. The summed E-state index contributed by atoms with van der Waals surface area (Å²) < 4.78 is 11.1. The Morgan fingerprint density at radius 3 is 2.42 bits per heavy atom. The number of benzene rings is 2. The Balaban J connectivity index is 1.65. The van der Waals surface area contributed by atoms with E-state index in [4.69, 9.17) is 14.5 Å². The highest BCUT2D eigenvalue weighted by atomic mass is 32.1. The molecular formula is C25H30N2O3S.